The molecule has 0 bridgehead atoms. The molecule has 0 spiro atoms. The molecule has 1 saturated heterocycles. The van der Waals surface area contributed by atoms with Crippen LogP contribution in [-0.4, -0.2) is 42.4 Å². The molecule has 0 aliphatic carbocycles. The fraction of sp³-hybridized carbons (Fsp3) is 0.458. The molecule has 1 aromatic heterocycles. The Morgan fingerprint density at radius 1 is 1.16 bits per heavy atom. The van der Waals surface area contributed by atoms with Crippen LogP contribution in [0, 0.1) is 11.8 Å². The Hall–Kier alpha value is -2.67. The number of esters is 1. The van der Waals surface area contributed by atoms with Crippen LogP contribution in [0.3, 0.4) is 0 Å². The lowest BCUT2D eigenvalue weighted by Crippen LogP contribution is -2.43. The number of carbonyl (C=O) groups is 3. The highest BCUT2D eigenvalue weighted by Crippen LogP contribution is 2.23. The molecule has 2 amide bonds. The summed E-state index contributed by atoms with van der Waals surface area (Å²) in [6.07, 6.45) is 2.20. The van der Waals surface area contributed by atoms with Crippen LogP contribution in [0.4, 0.5) is 0 Å². The van der Waals surface area contributed by atoms with E-state index in [1.54, 1.807) is 11.0 Å². The van der Waals surface area contributed by atoms with Gasteiger partial charge in [0.2, 0.25) is 0 Å². The Balaban J connectivity index is 1.51. The van der Waals surface area contributed by atoms with Gasteiger partial charge in [-0.1, -0.05) is 50.2 Å². The van der Waals surface area contributed by atoms with E-state index in [2.05, 4.69) is 19.2 Å². The van der Waals surface area contributed by atoms with Crippen LogP contribution in [0.5, 0.6) is 0 Å². The molecule has 2 unspecified atom stereocenters. The lowest BCUT2D eigenvalue weighted by atomic mass is 9.97. The summed E-state index contributed by atoms with van der Waals surface area (Å²) in [4.78, 5) is 40.0. The van der Waals surface area contributed by atoms with E-state index in [0.717, 1.165) is 18.4 Å². The molecule has 1 aliphatic rings. The second-order valence-corrected chi connectivity index (χ2v) is 9.28. The van der Waals surface area contributed by atoms with E-state index < -0.39 is 11.9 Å². The van der Waals surface area contributed by atoms with Gasteiger partial charge in [0.15, 0.2) is 6.61 Å². The number of likely N-dealkylation sites (tertiary alicyclic amines) is 1. The van der Waals surface area contributed by atoms with E-state index >= 15 is 0 Å². The van der Waals surface area contributed by atoms with Crippen molar-refractivity contribution in [1.82, 2.24) is 10.2 Å². The first-order valence-electron chi connectivity index (χ1n) is 10.8. The molecule has 0 radical (unpaired) electrons. The summed E-state index contributed by atoms with van der Waals surface area (Å²) >= 11 is 1.40. The molecule has 3 rings (SSSR count). The molecule has 0 saturated carbocycles. The van der Waals surface area contributed by atoms with Crippen molar-refractivity contribution < 1.29 is 19.1 Å². The van der Waals surface area contributed by atoms with E-state index in [0.29, 0.717) is 30.3 Å². The van der Waals surface area contributed by atoms with E-state index in [1.807, 2.05) is 41.8 Å². The molecular formula is C24H30N2O4S. The summed E-state index contributed by atoms with van der Waals surface area (Å²) in [5.41, 5.74) is 1.03. The van der Waals surface area contributed by atoms with Gasteiger partial charge in [-0.15, -0.1) is 11.3 Å². The Labute approximate surface area is 187 Å². The van der Waals surface area contributed by atoms with Crippen LogP contribution in [0.15, 0.2) is 47.8 Å². The zero-order valence-corrected chi connectivity index (χ0v) is 18.9. The van der Waals surface area contributed by atoms with Crippen molar-refractivity contribution in [1.29, 1.82) is 0 Å². The molecule has 6 nitrogen and oxygen atoms in total. The predicted octanol–water partition coefficient (Wildman–Crippen LogP) is 4.05. The summed E-state index contributed by atoms with van der Waals surface area (Å²) in [5.74, 6) is -0.776. The number of hydrogen-bond acceptors (Lipinski definition) is 5. The number of nitrogens with zero attached hydrogens (tertiary/aromatic N) is 1. The SMILES string of the molecule is CC(C)CC(NC(=O)COC(=O)C1CCCN(C(=O)c2cccs2)C1)c1ccccc1. The number of thiophene rings is 1. The van der Waals surface area contributed by atoms with Crippen LogP contribution in [0.1, 0.15) is 54.4 Å². The lowest BCUT2D eigenvalue weighted by molar-refractivity contribution is -0.154. The van der Waals surface area contributed by atoms with Crippen LogP contribution in [0.2, 0.25) is 0 Å². The molecule has 1 aliphatic heterocycles. The maximum absolute atomic E-state index is 12.6. The second kappa shape index (κ2) is 11.1. The Bertz CT molecular complexity index is 867. The highest BCUT2D eigenvalue weighted by molar-refractivity contribution is 7.12. The summed E-state index contributed by atoms with van der Waals surface area (Å²) in [5, 5.41) is 4.85. The Morgan fingerprint density at radius 2 is 1.94 bits per heavy atom. The van der Waals surface area contributed by atoms with Gasteiger partial charge in [-0.3, -0.25) is 14.4 Å². The van der Waals surface area contributed by atoms with E-state index in [9.17, 15) is 14.4 Å². The van der Waals surface area contributed by atoms with Crippen LogP contribution < -0.4 is 5.32 Å². The molecule has 166 valence electrons. The van der Waals surface area contributed by atoms with Crippen molar-refractivity contribution >= 4 is 29.1 Å². The number of hydrogen-bond donors (Lipinski definition) is 1. The number of ether oxygens (including phenoxy) is 1. The number of carbonyl (C=O) groups excluding carboxylic acids is 3. The van der Waals surface area contributed by atoms with Gasteiger partial charge in [-0.05, 0) is 42.2 Å². The summed E-state index contributed by atoms with van der Waals surface area (Å²) in [7, 11) is 0. The monoisotopic (exact) mass is 442 g/mol. The molecule has 2 atom stereocenters. The van der Waals surface area contributed by atoms with Crippen molar-refractivity contribution in [3.63, 3.8) is 0 Å². The van der Waals surface area contributed by atoms with Crippen molar-refractivity contribution in [2.45, 2.75) is 39.2 Å². The maximum Gasteiger partial charge on any atom is 0.311 e. The summed E-state index contributed by atoms with van der Waals surface area (Å²) in [6.45, 7) is 4.87. The van der Waals surface area contributed by atoms with Gasteiger partial charge in [-0.25, -0.2) is 0 Å². The molecule has 7 heteroatoms. The molecule has 1 N–H and O–H groups in total. The van der Waals surface area contributed by atoms with Gasteiger partial charge in [0.05, 0.1) is 16.8 Å². The van der Waals surface area contributed by atoms with Crippen LogP contribution in [-0.2, 0) is 14.3 Å². The van der Waals surface area contributed by atoms with E-state index in [4.69, 9.17) is 4.74 Å². The standard InChI is InChI=1S/C24H30N2O4S/c1-17(2)14-20(18-8-4-3-5-9-18)25-22(27)16-30-24(29)19-10-6-12-26(15-19)23(28)21-11-7-13-31-21/h3-5,7-9,11,13,17,19-20H,6,10,12,14-16H2,1-2H3,(H,25,27). The van der Waals surface area contributed by atoms with E-state index in [-0.39, 0.29) is 24.5 Å². The van der Waals surface area contributed by atoms with Crippen molar-refractivity contribution in [3.05, 3.63) is 58.3 Å². The summed E-state index contributed by atoms with van der Waals surface area (Å²) < 4.78 is 5.32. The first kappa shape index (κ1) is 23.0. The van der Waals surface area contributed by atoms with Gasteiger partial charge < -0.3 is 15.0 Å². The Morgan fingerprint density at radius 3 is 2.61 bits per heavy atom. The average Bonchev–Trinajstić information content (AvgIpc) is 3.32. The minimum atomic E-state index is -0.418. The lowest BCUT2D eigenvalue weighted by Gasteiger charge is -2.31. The number of piperidine rings is 1. The van der Waals surface area contributed by atoms with Crippen LogP contribution in [0.25, 0.3) is 0 Å². The van der Waals surface area contributed by atoms with Crippen molar-refractivity contribution in [2.24, 2.45) is 11.8 Å². The minimum absolute atomic E-state index is 0.0513. The van der Waals surface area contributed by atoms with Gasteiger partial charge in [-0.2, -0.15) is 0 Å². The van der Waals surface area contributed by atoms with Gasteiger partial charge in [0, 0.05) is 13.1 Å². The molecule has 1 fully saturated rings. The topological polar surface area (TPSA) is 75.7 Å². The normalized spacial score (nSPS) is 17.3. The fourth-order valence-electron chi connectivity index (χ4n) is 3.84. The zero-order valence-electron chi connectivity index (χ0n) is 18.1. The molecular weight excluding hydrogens is 412 g/mol. The number of benzene rings is 1. The second-order valence-electron chi connectivity index (χ2n) is 8.34. The highest BCUT2D eigenvalue weighted by atomic mass is 32.1. The quantitative estimate of drug-likeness (QED) is 0.626. The third-order valence-electron chi connectivity index (χ3n) is 5.36. The zero-order chi connectivity index (χ0) is 22.2. The largest absolute Gasteiger partial charge is 0.455 e. The van der Waals surface area contributed by atoms with Gasteiger partial charge in [0.25, 0.3) is 11.8 Å². The predicted molar refractivity (Wildman–Crippen MR) is 121 cm³/mol. The summed E-state index contributed by atoms with van der Waals surface area (Å²) in [6, 6.07) is 13.3. The molecule has 31 heavy (non-hydrogen) atoms. The first-order valence-corrected chi connectivity index (χ1v) is 11.7. The van der Waals surface area contributed by atoms with Gasteiger partial charge >= 0.3 is 5.97 Å². The number of nitrogens with one attached hydrogen (secondary N) is 1. The smallest absolute Gasteiger partial charge is 0.311 e. The number of amides is 2. The maximum atomic E-state index is 12.6. The van der Waals surface area contributed by atoms with Crippen molar-refractivity contribution in [2.75, 3.05) is 19.7 Å². The van der Waals surface area contributed by atoms with Crippen LogP contribution >= 0.6 is 11.3 Å². The number of rotatable bonds is 8. The Kier molecular flexibility index (Phi) is 8.23. The molecule has 2 aromatic rings. The van der Waals surface area contributed by atoms with Crippen molar-refractivity contribution in [3.8, 4) is 0 Å². The highest BCUT2D eigenvalue weighted by Gasteiger charge is 2.30. The molecule has 2 heterocycles. The molecule has 1 aromatic carbocycles. The first-order chi connectivity index (χ1) is 14.9. The minimum Gasteiger partial charge on any atom is -0.455 e. The van der Waals surface area contributed by atoms with E-state index in [1.165, 1.54) is 11.3 Å². The third-order valence-corrected chi connectivity index (χ3v) is 6.22. The fourth-order valence-corrected chi connectivity index (χ4v) is 4.53. The average molecular weight is 443 g/mol. The third kappa shape index (κ3) is 6.66. The van der Waals surface area contributed by atoms with Gasteiger partial charge in [0.1, 0.15) is 0 Å².